The second kappa shape index (κ2) is 21.3. The first kappa shape index (κ1) is 46.2. The molecule has 1 aliphatic heterocycles. The minimum Gasteiger partial charge on any atom is -0.482 e. The Hall–Kier alpha value is -2.91. The highest BCUT2D eigenvalue weighted by Crippen LogP contribution is 2.66. The first-order chi connectivity index (χ1) is 24.6. The van der Waals surface area contributed by atoms with Gasteiger partial charge < -0.3 is 50.3 Å². The molecule has 2 unspecified atom stereocenters. The van der Waals surface area contributed by atoms with Crippen LogP contribution in [-0.4, -0.2) is 83.2 Å². The van der Waals surface area contributed by atoms with Gasteiger partial charge in [-0.05, 0) is 43.7 Å². The summed E-state index contributed by atoms with van der Waals surface area (Å²) in [4.78, 5) is 83.4. The van der Waals surface area contributed by atoms with E-state index in [0.29, 0.717) is 28.8 Å². The van der Waals surface area contributed by atoms with Gasteiger partial charge in [0.2, 0.25) is 0 Å². The number of nitrogens with one attached hydrogen (secondary N) is 2. The number of aliphatic carboxylic acids is 1. The second-order valence-corrected chi connectivity index (χ2v) is 16.0. The summed E-state index contributed by atoms with van der Waals surface area (Å²) in [6.45, 7) is -0.533. The number of hydrogen-bond acceptors (Lipinski definition) is 14. The van der Waals surface area contributed by atoms with Crippen molar-refractivity contribution >= 4 is 58.5 Å². The number of nitrogens with two attached hydrogens (primary N) is 1. The summed E-state index contributed by atoms with van der Waals surface area (Å²) in [7, 11) is -16.7. The number of carbonyl (C=O) groups is 2. The van der Waals surface area contributed by atoms with Gasteiger partial charge in [0, 0.05) is 36.2 Å². The highest BCUT2D eigenvalue weighted by atomic mass is 35.5. The molecular weight excluding hydrogens is 820 g/mol. The summed E-state index contributed by atoms with van der Waals surface area (Å²) in [6.07, 6.45) is 2.19. The van der Waals surface area contributed by atoms with Crippen LogP contribution < -0.4 is 27.0 Å². The van der Waals surface area contributed by atoms with Crippen LogP contribution >= 0.6 is 46.7 Å². The molecule has 1 fully saturated rings. The van der Waals surface area contributed by atoms with Crippen LogP contribution in [0, 0.1) is 0 Å². The van der Waals surface area contributed by atoms with Gasteiger partial charge in [0.1, 0.15) is 18.1 Å². The lowest BCUT2D eigenvalue weighted by atomic mass is 10.2. The van der Waals surface area contributed by atoms with Crippen molar-refractivity contribution in [1.29, 1.82) is 0 Å². The highest BCUT2D eigenvalue weighted by molar-refractivity contribution is 7.66. The number of halogens is 2. The molecule has 5 atom stereocenters. The van der Waals surface area contributed by atoms with E-state index in [1.165, 1.54) is 18.5 Å². The summed E-state index contributed by atoms with van der Waals surface area (Å²) in [5, 5.41) is 22.1. The van der Waals surface area contributed by atoms with Crippen LogP contribution in [-0.2, 0) is 47.6 Å². The van der Waals surface area contributed by atoms with Gasteiger partial charge in [-0.3, -0.25) is 28.5 Å². The molecule has 1 aromatic carbocycles. The van der Waals surface area contributed by atoms with Crippen LogP contribution in [0.15, 0.2) is 46.3 Å². The molecule has 0 radical (unpaired) electrons. The number of carbonyl (C=O) groups excluding carboxylic acids is 1. The number of H-pyrrole nitrogens is 1. The molecule has 2 heterocycles. The number of aliphatic hydroxyl groups excluding tert-OH is 1. The third-order valence-corrected chi connectivity index (χ3v) is 10.8. The zero-order chi connectivity index (χ0) is 40.0. The average molecular weight is 857 g/mol. The average Bonchev–Trinajstić information content (AvgIpc) is 3.39. The largest absolute Gasteiger partial charge is 0.490 e. The predicted molar refractivity (Wildman–Crippen MR) is 184 cm³/mol. The van der Waals surface area contributed by atoms with E-state index < -0.39 is 65.7 Å². The van der Waals surface area contributed by atoms with Gasteiger partial charge in [-0.2, -0.15) is 8.62 Å². The van der Waals surface area contributed by atoms with Gasteiger partial charge in [-0.25, -0.2) is 18.5 Å². The molecule has 2 aromatic rings. The normalized spacial score (nSPS) is 19.5. The Kier molecular flexibility index (Phi) is 18.5. The number of hydrogen-bond donors (Lipinski definition) is 9. The lowest BCUT2D eigenvalue weighted by Crippen LogP contribution is -2.34. The summed E-state index contributed by atoms with van der Waals surface area (Å²) < 4.78 is 56.9. The molecule has 1 saturated heterocycles. The molecule has 1 amide bonds. The fourth-order valence-electron chi connectivity index (χ4n) is 4.18. The summed E-state index contributed by atoms with van der Waals surface area (Å²) in [5.41, 5.74) is 3.86. The van der Waals surface area contributed by atoms with E-state index in [1.54, 1.807) is 18.2 Å². The first-order valence-electron chi connectivity index (χ1n) is 15.0. The molecule has 0 bridgehead atoms. The fraction of sp³-hybridized carbons (Fsp3) is 0.462. The Balaban J connectivity index is 0.000000401. The number of aliphatic hydroxyl groups is 1. The Bertz CT molecular complexity index is 1850. The van der Waals surface area contributed by atoms with E-state index >= 15 is 0 Å². The van der Waals surface area contributed by atoms with Gasteiger partial charge >= 0.3 is 35.1 Å². The van der Waals surface area contributed by atoms with Crippen molar-refractivity contribution < 1.29 is 75.7 Å². The number of benzene rings is 1. The van der Waals surface area contributed by atoms with E-state index in [9.17, 15) is 42.9 Å². The van der Waals surface area contributed by atoms with Crippen molar-refractivity contribution in [3.05, 3.63) is 73.1 Å². The zero-order valence-corrected chi connectivity index (χ0v) is 31.5. The quantitative estimate of drug-likeness (QED) is 0.0716. The number of rotatable bonds is 19. The number of allylic oxidation sites excluding steroid dienone is 1. The van der Waals surface area contributed by atoms with E-state index in [1.807, 2.05) is 0 Å². The maximum atomic E-state index is 12.1. The number of carboxylic acid groups (broad SMARTS) is 1. The number of aromatic nitrogens is 2. The van der Waals surface area contributed by atoms with Crippen LogP contribution in [0.2, 0.25) is 10.0 Å². The molecule has 53 heavy (non-hydrogen) atoms. The molecule has 3 rings (SSSR count). The number of phosphoric ester groups is 1. The number of amides is 1. The highest BCUT2D eigenvalue weighted by Gasteiger charge is 2.43. The standard InChI is InChI=1S/C14H17Cl2NO4.C12H20N3O14P3/c15-10-5-6-12(11(16)8-10)21-9-13(18)17-7-3-1-2-4-14(19)20;13-3-1-2-7-5-15(12(18)14-11(7)17)10-4-8(16)9(27-10)6-26-31(22,23)29-32(24,25)28-30(19,20)21/h5-6,8H,1-4,7,9H2,(H,17,18)(H,19,20);1,3,5,8-10,16H,2,4,6,13H2,(H,22,23)(H,24,25)(H,14,17,18)(H2,19,20,21)/t;8-,9+,10+/m.0/s1. The SMILES string of the molecule is NC=CCc1cn([C@H]2C[C@H](O)[C@@H](COP(=O)(O)OP(=O)(O)OP(=O)(O)O)O2)c(=O)[nH]c1=O.O=C(O)CCCCCNC(=O)COc1ccc(Cl)cc1Cl. The molecule has 22 nitrogen and oxygen atoms in total. The van der Waals surface area contributed by atoms with Crippen molar-refractivity contribution in [3.63, 3.8) is 0 Å². The molecule has 10 N–H and O–H groups in total. The zero-order valence-electron chi connectivity index (χ0n) is 27.3. The minimum atomic E-state index is -5.70. The number of unbranched alkanes of at least 4 members (excludes halogenated alkanes) is 2. The van der Waals surface area contributed by atoms with Crippen LogP contribution in [0.1, 0.15) is 43.9 Å². The van der Waals surface area contributed by atoms with Crippen molar-refractivity contribution in [3.8, 4) is 5.75 Å². The van der Waals surface area contributed by atoms with Gasteiger partial charge in [0.05, 0.1) is 17.7 Å². The monoisotopic (exact) mass is 856 g/mol. The molecular formula is C26H37Cl2N4O18P3. The Labute approximate surface area is 309 Å². The molecule has 298 valence electrons. The Morgan fingerprint density at radius 2 is 1.77 bits per heavy atom. The third kappa shape index (κ3) is 17.9. The summed E-state index contributed by atoms with van der Waals surface area (Å²) in [6, 6.07) is 4.77. The lowest BCUT2D eigenvalue weighted by molar-refractivity contribution is -0.137. The number of phosphoric acid groups is 3. The van der Waals surface area contributed by atoms with Crippen molar-refractivity contribution in [2.75, 3.05) is 19.8 Å². The van der Waals surface area contributed by atoms with Crippen LogP contribution in [0.25, 0.3) is 0 Å². The maximum absolute atomic E-state index is 12.1. The molecule has 0 spiro atoms. The van der Waals surface area contributed by atoms with Crippen molar-refractivity contribution in [1.82, 2.24) is 14.9 Å². The third-order valence-electron chi connectivity index (χ3n) is 6.49. The van der Waals surface area contributed by atoms with Gasteiger partial charge in [0.15, 0.2) is 6.61 Å². The molecule has 1 aromatic heterocycles. The van der Waals surface area contributed by atoms with Gasteiger partial charge in [-0.15, -0.1) is 0 Å². The summed E-state index contributed by atoms with van der Waals surface area (Å²) >= 11 is 11.7. The van der Waals surface area contributed by atoms with E-state index in [0.717, 1.165) is 17.4 Å². The van der Waals surface area contributed by atoms with Crippen molar-refractivity contribution in [2.45, 2.75) is 57.0 Å². The molecule has 27 heteroatoms. The first-order valence-corrected chi connectivity index (χ1v) is 20.3. The predicted octanol–water partition coefficient (Wildman–Crippen LogP) is 1.68. The van der Waals surface area contributed by atoms with E-state index in [2.05, 4.69) is 23.4 Å². The lowest BCUT2D eigenvalue weighted by Gasteiger charge is -2.19. The minimum absolute atomic E-state index is 0.0941. The van der Waals surface area contributed by atoms with Gasteiger partial charge in [0.25, 0.3) is 11.5 Å². The maximum Gasteiger partial charge on any atom is 0.490 e. The molecule has 1 aliphatic rings. The smallest absolute Gasteiger partial charge is 0.482 e. The Morgan fingerprint density at radius 3 is 2.40 bits per heavy atom. The fourth-order valence-corrected chi connectivity index (χ4v) is 7.67. The van der Waals surface area contributed by atoms with Crippen LogP contribution in [0.5, 0.6) is 5.75 Å². The number of nitrogens with zero attached hydrogens (tertiary/aromatic N) is 1. The topological polar surface area (TPSA) is 346 Å². The van der Waals surface area contributed by atoms with E-state index in [-0.39, 0.29) is 37.3 Å². The summed E-state index contributed by atoms with van der Waals surface area (Å²) in [5.74, 6) is -0.649. The van der Waals surface area contributed by atoms with Gasteiger partial charge in [-0.1, -0.05) is 35.7 Å². The molecule has 0 saturated carbocycles. The van der Waals surface area contributed by atoms with E-state index in [4.69, 9.17) is 58.2 Å². The second-order valence-electron chi connectivity index (χ2n) is 10.7. The number of carboxylic acids is 1. The van der Waals surface area contributed by atoms with Crippen LogP contribution in [0.4, 0.5) is 0 Å². The number of aromatic amines is 1. The molecule has 0 aliphatic carbocycles. The Morgan fingerprint density at radius 1 is 1.08 bits per heavy atom. The van der Waals surface area contributed by atoms with Crippen molar-refractivity contribution in [2.24, 2.45) is 5.73 Å². The van der Waals surface area contributed by atoms with Crippen LogP contribution in [0.3, 0.4) is 0 Å². The number of ether oxygens (including phenoxy) is 2.